The second-order valence-corrected chi connectivity index (χ2v) is 8.12. The van der Waals surface area contributed by atoms with Gasteiger partial charge < -0.3 is 10.1 Å². The molecule has 26 heavy (non-hydrogen) atoms. The standard InChI is InChI=1S/C22H27NO2S/c1-17-8-9-20(14-18(17)2)26-15-21(24)23-16-22(10-12-25-13-11-22)19-6-4-3-5-7-19/h3-9,14H,10-13,15-16H2,1-2H3,(H,23,24). The molecule has 1 aliphatic heterocycles. The zero-order valence-corrected chi connectivity index (χ0v) is 16.4. The van der Waals surface area contributed by atoms with Crippen LogP contribution in [0.4, 0.5) is 0 Å². The van der Waals surface area contributed by atoms with Gasteiger partial charge in [-0.2, -0.15) is 0 Å². The summed E-state index contributed by atoms with van der Waals surface area (Å²) in [5.74, 6) is 0.541. The molecule has 138 valence electrons. The summed E-state index contributed by atoms with van der Waals surface area (Å²) < 4.78 is 5.56. The summed E-state index contributed by atoms with van der Waals surface area (Å²) in [4.78, 5) is 13.6. The molecule has 0 bridgehead atoms. The molecule has 0 aromatic heterocycles. The van der Waals surface area contributed by atoms with Crippen LogP contribution in [-0.4, -0.2) is 31.4 Å². The number of carbonyl (C=O) groups excluding carboxylic acids is 1. The van der Waals surface area contributed by atoms with E-state index < -0.39 is 0 Å². The molecule has 0 aliphatic carbocycles. The van der Waals surface area contributed by atoms with E-state index in [9.17, 15) is 4.79 Å². The molecule has 1 fully saturated rings. The van der Waals surface area contributed by atoms with E-state index in [2.05, 4.69) is 61.6 Å². The average molecular weight is 370 g/mol. The highest BCUT2D eigenvalue weighted by molar-refractivity contribution is 8.00. The molecule has 0 spiro atoms. The van der Waals surface area contributed by atoms with Gasteiger partial charge in [0.1, 0.15) is 0 Å². The van der Waals surface area contributed by atoms with Crippen molar-refractivity contribution in [3.8, 4) is 0 Å². The molecular weight excluding hydrogens is 342 g/mol. The predicted octanol–water partition coefficient (Wildman–Crippen LogP) is 4.26. The molecule has 3 rings (SSSR count). The normalized spacial score (nSPS) is 16.2. The van der Waals surface area contributed by atoms with E-state index in [0.29, 0.717) is 12.3 Å². The van der Waals surface area contributed by atoms with Crippen LogP contribution < -0.4 is 5.32 Å². The van der Waals surface area contributed by atoms with Crippen molar-refractivity contribution >= 4 is 17.7 Å². The van der Waals surface area contributed by atoms with Crippen molar-refractivity contribution in [3.63, 3.8) is 0 Å². The first kappa shape index (κ1) is 19.0. The van der Waals surface area contributed by atoms with E-state index in [1.54, 1.807) is 11.8 Å². The number of rotatable bonds is 6. The fourth-order valence-corrected chi connectivity index (χ4v) is 4.22. The lowest BCUT2D eigenvalue weighted by Crippen LogP contribution is -2.45. The molecule has 0 atom stereocenters. The number of carbonyl (C=O) groups is 1. The second-order valence-electron chi connectivity index (χ2n) is 7.07. The van der Waals surface area contributed by atoms with Gasteiger partial charge in [0.25, 0.3) is 0 Å². The third-order valence-corrected chi connectivity index (χ3v) is 6.30. The molecular formula is C22H27NO2S. The summed E-state index contributed by atoms with van der Waals surface area (Å²) in [5, 5.41) is 3.17. The molecule has 0 saturated carbocycles. The molecule has 1 saturated heterocycles. The molecule has 4 heteroatoms. The van der Waals surface area contributed by atoms with Crippen molar-refractivity contribution in [2.45, 2.75) is 37.0 Å². The monoisotopic (exact) mass is 369 g/mol. The number of ether oxygens (including phenoxy) is 1. The lowest BCUT2D eigenvalue weighted by molar-refractivity contribution is -0.119. The van der Waals surface area contributed by atoms with Crippen LogP contribution in [-0.2, 0) is 14.9 Å². The van der Waals surface area contributed by atoms with Crippen LogP contribution in [0.2, 0.25) is 0 Å². The number of benzene rings is 2. The van der Waals surface area contributed by atoms with Gasteiger partial charge in [0.2, 0.25) is 5.91 Å². The first-order valence-electron chi connectivity index (χ1n) is 9.19. The minimum Gasteiger partial charge on any atom is -0.381 e. The van der Waals surface area contributed by atoms with Crippen molar-refractivity contribution < 1.29 is 9.53 Å². The first-order valence-corrected chi connectivity index (χ1v) is 10.2. The molecule has 1 amide bonds. The van der Waals surface area contributed by atoms with E-state index in [1.807, 2.05) is 6.07 Å². The number of thioether (sulfide) groups is 1. The quantitative estimate of drug-likeness (QED) is 0.773. The molecule has 1 heterocycles. The van der Waals surface area contributed by atoms with Crippen LogP contribution >= 0.6 is 11.8 Å². The summed E-state index contributed by atoms with van der Waals surface area (Å²) in [5.41, 5.74) is 3.83. The first-order chi connectivity index (χ1) is 12.6. The fourth-order valence-electron chi connectivity index (χ4n) is 3.39. The topological polar surface area (TPSA) is 38.3 Å². The SMILES string of the molecule is Cc1ccc(SCC(=O)NCC2(c3ccccc3)CCOCC2)cc1C. The van der Waals surface area contributed by atoms with Crippen LogP contribution in [0, 0.1) is 13.8 Å². The number of amides is 1. The predicted molar refractivity (Wildman–Crippen MR) is 108 cm³/mol. The van der Waals surface area contributed by atoms with Crippen molar-refractivity contribution in [1.29, 1.82) is 0 Å². The Morgan fingerprint density at radius 3 is 2.50 bits per heavy atom. The Morgan fingerprint density at radius 1 is 1.08 bits per heavy atom. The molecule has 3 nitrogen and oxygen atoms in total. The Bertz CT molecular complexity index is 739. The average Bonchev–Trinajstić information content (AvgIpc) is 2.69. The van der Waals surface area contributed by atoms with Gasteiger partial charge in [-0.05, 0) is 55.5 Å². The molecule has 0 unspecified atom stereocenters. The fraction of sp³-hybridized carbons (Fsp3) is 0.409. The van der Waals surface area contributed by atoms with Gasteiger partial charge in [0.05, 0.1) is 5.75 Å². The van der Waals surface area contributed by atoms with Gasteiger partial charge in [-0.15, -0.1) is 11.8 Å². The highest BCUT2D eigenvalue weighted by Crippen LogP contribution is 2.34. The Morgan fingerprint density at radius 2 is 1.81 bits per heavy atom. The van der Waals surface area contributed by atoms with E-state index in [-0.39, 0.29) is 11.3 Å². The molecule has 2 aromatic carbocycles. The van der Waals surface area contributed by atoms with E-state index in [1.165, 1.54) is 16.7 Å². The molecule has 2 aromatic rings. The Kier molecular flexibility index (Phi) is 6.38. The van der Waals surface area contributed by atoms with Crippen molar-refractivity contribution in [2.24, 2.45) is 0 Å². The zero-order valence-electron chi connectivity index (χ0n) is 15.6. The van der Waals surface area contributed by atoms with Crippen molar-refractivity contribution in [2.75, 3.05) is 25.5 Å². The Balaban J connectivity index is 1.58. The van der Waals surface area contributed by atoms with E-state index in [0.717, 1.165) is 31.0 Å². The summed E-state index contributed by atoms with van der Waals surface area (Å²) >= 11 is 1.60. The number of hydrogen-bond donors (Lipinski definition) is 1. The lowest BCUT2D eigenvalue weighted by atomic mass is 9.74. The van der Waals surface area contributed by atoms with E-state index in [4.69, 9.17) is 4.74 Å². The largest absolute Gasteiger partial charge is 0.381 e. The maximum absolute atomic E-state index is 12.4. The van der Waals surface area contributed by atoms with Crippen LogP contribution in [0.3, 0.4) is 0 Å². The van der Waals surface area contributed by atoms with Gasteiger partial charge in [-0.3, -0.25) is 4.79 Å². The molecule has 1 N–H and O–H groups in total. The van der Waals surface area contributed by atoms with Gasteiger partial charge in [-0.25, -0.2) is 0 Å². The highest BCUT2D eigenvalue weighted by atomic mass is 32.2. The van der Waals surface area contributed by atoms with Crippen LogP contribution in [0.1, 0.15) is 29.5 Å². The number of hydrogen-bond acceptors (Lipinski definition) is 3. The highest BCUT2D eigenvalue weighted by Gasteiger charge is 2.34. The Labute approximate surface area is 160 Å². The third kappa shape index (κ3) is 4.68. The zero-order chi connectivity index (χ0) is 18.4. The third-order valence-electron chi connectivity index (χ3n) is 5.31. The van der Waals surface area contributed by atoms with Gasteiger partial charge >= 0.3 is 0 Å². The van der Waals surface area contributed by atoms with Crippen LogP contribution in [0.15, 0.2) is 53.4 Å². The maximum atomic E-state index is 12.4. The van der Waals surface area contributed by atoms with Crippen molar-refractivity contribution in [1.82, 2.24) is 5.32 Å². The molecule has 0 radical (unpaired) electrons. The van der Waals surface area contributed by atoms with Gasteiger partial charge in [0, 0.05) is 30.1 Å². The lowest BCUT2D eigenvalue weighted by Gasteiger charge is -2.38. The smallest absolute Gasteiger partial charge is 0.230 e. The van der Waals surface area contributed by atoms with E-state index >= 15 is 0 Å². The Hall–Kier alpha value is -1.78. The minimum atomic E-state index is -0.0136. The maximum Gasteiger partial charge on any atom is 0.230 e. The van der Waals surface area contributed by atoms with Crippen LogP contribution in [0.5, 0.6) is 0 Å². The summed E-state index contributed by atoms with van der Waals surface area (Å²) in [6.07, 6.45) is 1.89. The van der Waals surface area contributed by atoms with Gasteiger partial charge in [-0.1, -0.05) is 36.4 Å². The van der Waals surface area contributed by atoms with Gasteiger partial charge in [0.15, 0.2) is 0 Å². The number of nitrogens with one attached hydrogen (secondary N) is 1. The summed E-state index contributed by atoms with van der Waals surface area (Å²) in [6.45, 7) is 6.39. The van der Waals surface area contributed by atoms with Crippen molar-refractivity contribution in [3.05, 3.63) is 65.2 Å². The minimum absolute atomic E-state index is 0.0136. The number of aryl methyl sites for hydroxylation is 2. The summed E-state index contributed by atoms with van der Waals surface area (Å²) in [6, 6.07) is 16.9. The second kappa shape index (κ2) is 8.74. The molecule has 1 aliphatic rings. The van der Waals surface area contributed by atoms with Crippen LogP contribution in [0.25, 0.3) is 0 Å². The summed E-state index contributed by atoms with van der Waals surface area (Å²) in [7, 11) is 0.